The van der Waals surface area contributed by atoms with E-state index in [1.165, 1.54) is 56.9 Å². The molecule has 4 fully saturated rings. The normalized spacial score (nSPS) is 47.2. The topological polar surface area (TPSA) is 29.5 Å². The lowest BCUT2D eigenvalue weighted by Gasteiger charge is -2.69. The van der Waals surface area contributed by atoms with E-state index in [4.69, 9.17) is 4.74 Å². The van der Waals surface area contributed by atoms with Crippen molar-refractivity contribution in [3.05, 3.63) is 11.6 Å². The van der Waals surface area contributed by atoms with Crippen LogP contribution >= 0.6 is 0 Å². The molecule has 0 unspecified atom stereocenters. The largest absolute Gasteiger partial charge is 0.387 e. The highest BCUT2D eigenvalue weighted by Crippen LogP contribution is 2.75. The summed E-state index contributed by atoms with van der Waals surface area (Å²) in [6.45, 7) is 19.8. The van der Waals surface area contributed by atoms with Crippen molar-refractivity contribution in [3.8, 4) is 0 Å². The van der Waals surface area contributed by atoms with Gasteiger partial charge in [0.15, 0.2) is 0 Å². The Balaban J connectivity index is 1.63. The molecule has 0 radical (unpaired) electrons. The Bertz CT molecular complexity index is 730. The van der Waals surface area contributed by atoms with E-state index in [0.717, 1.165) is 37.2 Å². The van der Waals surface area contributed by atoms with Gasteiger partial charge in [-0.3, -0.25) is 0 Å². The molecular weight excluding hydrogens is 392 g/mol. The summed E-state index contributed by atoms with van der Waals surface area (Å²) in [5.74, 6) is 2.90. The van der Waals surface area contributed by atoms with Crippen LogP contribution in [-0.4, -0.2) is 22.9 Å². The molecule has 0 bridgehead atoms. The van der Waals surface area contributed by atoms with E-state index >= 15 is 0 Å². The fraction of sp³-hybridized carbons (Fsp3) is 0.933. The van der Waals surface area contributed by atoms with Crippen molar-refractivity contribution in [2.75, 3.05) is 6.61 Å². The Morgan fingerprint density at radius 3 is 2.38 bits per heavy atom. The van der Waals surface area contributed by atoms with E-state index in [1.807, 2.05) is 13.8 Å². The number of aliphatic hydroxyl groups is 1. The van der Waals surface area contributed by atoms with Crippen LogP contribution in [-0.2, 0) is 4.74 Å². The molecular formula is C30H52O2. The van der Waals surface area contributed by atoms with Crippen molar-refractivity contribution in [3.63, 3.8) is 0 Å². The van der Waals surface area contributed by atoms with Gasteiger partial charge in [0.1, 0.15) is 0 Å². The van der Waals surface area contributed by atoms with Gasteiger partial charge in [0.25, 0.3) is 0 Å². The van der Waals surface area contributed by atoms with Crippen LogP contribution in [0.4, 0.5) is 0 Å². The average Bonchev–Trinajstić information content (AvgIpc) is 2.98. The third kappa shape index (κ3) is 3.40. The highest BCUT2D eigenvalue weighted by Gasteiger charge is 2.71. The van der Waals surface area contributed by atoms with Crippen molar-refractivity contribution >= 4 is 0 Å². The predicted octanol–water partition coefficient (Wildman–Crippen LogP) is 7.94. The fourth-order valence-electron chi connectivity index (χ4n) is 10.0. The third-order valence-electron chi connectivity index (χ3n) is 11.9. The van der Waals surface area contributed by atoms with Gasteiger partial charge in [-0.1, -0.05) is 39.3 Å². The second kappa shape index (κ2) is 8.11. The summed E-state index contributed by atoms with van der Waals surface area (Å²) in [5, 5.41) is 11.3. The van der Waals surface area contributed by atoms with Crippen molar-refractivity contribution in [2.24, 2.45) is 39.9 Å². The first-order chi connectivity index (χ1) is 14.8. The number of allylic oxidation sites excluding steroid dienone is 2. The highest BCUT2D eigenvalue weighted by molar-refractivity contribution is 5.20. The van der Waals surface area contributed by atoms with Gasteiger partial charge in [0, 0.05) is 6.61 Å². The minimum atomic E-state index is -0.772. The summed E-state index contributed by atoms with van der Waals surface area (Å²) in [7, 11) is 0. The maximum Gasteiger partial charge on any atom is 0.0995 e. The van der Waals surface area contributed by atoms with Gasteiger partial charge in [-0.25, -0.2) is 0 Å². The third-order valence-corrected chi connectivity index (χ3v) is 11.9. The molecule has 2 heteroatoms. The van der Waals surface area contributed by atoms with Crippen LogP contribution in [0.1, 0.15) is 120 Å². The predicted molar refractivity (Wildman–Crippen MR) is 135 cm³/mol. The van der Waals surface area contributed by atoms with Crippen LogP contribution in [0.3, 0.4) is 0 Å². The van der Waals surface area contributed by atoms with Crippen LogP contribution in [0.2, 0.25) is 0 Å². The summed E-state index contributed by atoms with van der Waals surface area (Å²) in [4.78, 5) is 0. The van der Waals surface area contributed by atoms with E-state index in [2.05, 4.69) is 47.6 Å². The number of hydrogen-bond donors (Lipinski definition) is 1. The second-order valence-corrected chi connectivity index (χ2v) is 13.9. The summed E-state index contributed by atoms with van der Waals surface area (Å²) in [6, 6.07) is 0. The van der Waals surface area contributed by atoms with Gasteiger partial charge in [-0.15, -0.1) is 0 Å². The molecule has 184 valence electrons. The molecule has 0 spiro atoms. The van der Waals surface area contributed by atoms with E-state index in [1.54, 1.807) is 0 Å². The van der Waals surface area contributed by atoms with Crippen LogP contribution in [0.15, 0.2) is 11.6 Å². The fourth-order valence-corrected chi connectivity index (χ4v) is 10.0. The molecule has 8 atom stereocenters. The van der Waals surface area contributed by atoms with Gasteiger partial charge in [0.2, 0.25) is 0 Å². The molecule has 3 saturated carbocycles. The van der Waals surface area contributed by atoms with Gasteiger partial charge in [-0.05, 0) is 132 Å². The van der Waals surface area contributed by atoms with Gasteiger partial charge < -0.3 is 9.84 Å². The zero-order valence-corrected chi connectivity index (χ0v) is 22.5. The second-order valence-electron chi connectivity index (χ2n) is 13.9. The molecule has 0 aromatic heterocycles. The minimum absolute atomic E-state index is 0.285. The first kappa shape index (κ1) is 24.8. The first-order valence-corrected chi connectivity index (χ1v) is 13.8. The average molecular weight is 445 g/mol. The first-order valence-electron chi connectivity index (χ1n) is 13.8. The van der Waals surface area contributed by atoms with Crippen LogP contribution in [0, 0.1) is 39.9 Å². The van der Waals surface area contributed by atoms with Gasteiger partial charge in [-0.2, -0.15) is 0 Å². The smallest absolute Gasteiger partial charge is 0.0995 e. The maximum atomic E-state index is 11.3. The molecule has 1 heterocycles. The summed E-state index contributed by atoms with van der Waals surface area (Å²) in [5.41, 5.74) is 1.49. The SMILES string of the molecule is CC(C)=CCC[C@H](C)[C@@H]1CC[C@]2(C)[C@H]3CC[C@@]4(C(C)(C)O)OCCC[C@H]4[C@]3(C)CC[C@@]12C. The molecule has 3 aliphatic carbocycles. The molecule has 1 N–H and O–H groups in total. The van der Waals surface area contributed by atoms with Crippen molar-refractivity contribution < 1.29 is 9.84 Å². The minimum Gasteiger partial charge on any atom is -0.387 e. The number of fused-ring (bicyclic) bond motifs is 5. The summed E-state index contributed by atoms with van der Waals surface area (Å²) >= 11 is 0. The standard InChI is InChI=1S/C30H52O2/c1-21(2)11-9-12-22(3)23-14-16-29(8)24-15-17-30(26(4,5)31)25(13-10-20-32-30)27(24,6)18-19-28(23,29)7/h11,22-25,31H,9-10,12-20H2,1-8H3/t22-,23-,24-,25-,27+,28-,29+,30+/m0/s1. The number of hydrogen-bond acceptors (Lipinski definition) is 2. The molecule has 32 heavy (non-hydrogen) atoms. The monoisotopic (exact) mass is 444 g/mol. The molecule has 0 aromatic rings. The van der Waals surface area contributed by atoms with Crippen molar-refractivity contribution in [1.82, 2.24) is 0 Å². The summed E-state index contributed by atoms with van der Waals surface area (Å²) in [6.07, 6.45) is 15.1. The maximum absolute atomic E-state index is 11.3. The number of ether oxygens (including phenoxy) is 1. The van der Waals surface area contributed by atoms with Gasteiger partial charge >= 0.3 is 0 Å². The Morgan fingerprint density at radius 1 is 1.00 bits per heavy atom. The van der Waals surface area contributed by atoms with E-state index in [0.29, 0.717) is 16.7 Å². The zero-order valence-electron chi connectivity index (χ0n) is 22.5. The Morgan fingerprint density at radius 2 is 1.72 bits per heavy atom. The molecule has 4 aliphatic rings. The zero-order chi connectivity index (χ0) is 23.6. The summed E-state index contributed by atoms with van der Waals surface area (Å²) < 4.78 is 6.59. The lowest BCUT2D eigenvalue weighted by Crippen LogP contribution is -2.69. The van der Waals surface area contributed by atoms with E-state index in [9.17, 15) is 5.11 Å². The molecule has 2 nitrogen and oxygen atoms in total. The number of rotatable bonds is 5. The molecule has 1 saturated heterocycles. The van der Waals surface area contributed by atoms with Gasteiger partial charge in [0.05, 0.1) is 11.2 Å². The van der Waals surface area contributed by atoms with Crippen LogP contribution < -0.4 is 0 Å². The molecule has 4 rings (SSSR count). The molecule has 1 aliphatic heterocycles. The Hall–Kier alpha value is -0.340. The van der Waals surface area contributed by atoms with Crippen molar-refractivity contribution in [2.45, 2.75) is 131 Å². The lowest BCUT2D eigenvalue weighted by atomic mass is 9.37. The van der Waals surface area contributed by atoms with E-state index < -0.39 is 5.60 Å². The van der Waals surface area contributed by atoms with E-state index in [-0.39, 0.29) is 11.0 Å². The quantitative estimate of drug-likeness (QED) is 0.436. The Kier molecular flexibility index (Phi) is 6.28. The molecule has 0 aromatic carbocycles. The Labute approximate surface area is 199 Å². The van der Waals surface area contributed by atoms with Crippen LogP contribution in [0.5, 0.6) is 0 Å². The lowest BCUT2D eigenvalue weighted by molar-refractivity contribution is -0.291. The van der Waals surface area contributed by atoms with Crippen LogP contribution in [0.25, 0.3) is 0 Å². The highest BCUT2D eigenvalue weighted by atomic mass is 16.5. The van der Waals surface area contributed by atoms with Crippen molar-refractivity contribution in [1.29, 1.82) is 0 Å². The molecule has 0 amide bonds.